The van der Waals surface area contributed by atoms with Crippen molar-refractivity contribution in [2.45, 2.75) is 36.0 Å². The van der Waals surface area contributed by atoms with Gasteiger partial charge >= 0.3 is 0 Å². The molecule has 1 aromatic carbocycles. The Morgan fingerprint density at radius 1 is 1.25 bits per heavy atom. The number of aryl methyl sites for hydroxylation is 1. The van der Waals surface area contributed by atoms with E-state index < -0.39 is 0 Å². The molecule has 0 aliphatic heterocycles. The molecule has 0 saturated carbocycles. The van der Waals surface area contributed by atoms with Gasteiger partial charge in [-0.15, -0.1) is 25.3 Å². The highest BCUT2D eigenvalue weighted by molar-refractivity contribution is 7.80. The Hall–Kier alpha value is -0.0800. The van der Waals surface area contributed by atoms with Crippen molar-refractivity contribution in [1.82, 2.24) is 0 Å². The van der Waals surface area contributed by atoms with Crippen LogP contribution >= 0.6 is 25.3 Å². The molecular formula is C10H14S2. The van der Waals surface area contributed by atoms with Crippen LogP contribution in [-0.4, -0.2) is 0 Å². The average molecular weight is 198 g/mol. The minimum atomic E-state index is 1.03. The molecule has 0 nitrogen and oxygen atoms in total. The first-order chi connectivity index (χ1) is 5.74. The summed E-state index contributed by atoms with van der Waals surface area (Å²) in [6, 6.07) is 6.08. The normalized spacial score (nSPS) is 10.2. The van der Waals surface area contributed by atoms with Gasteiger partial charge in [0.2, 0.25) is 0 Å². The smallest absolute Gasteiger partial charge is 0.00728 e. The zero-order valence-corrected chi connectivity index (χ0v) is 9.04. The van der Waals surface area contributed by atoms with Crippen LogP contribution in [0.3, 0.4) is 0 Å². The van der Waals surface area contributed by atoms with Gasteiger partial charge in [0.15, 0.2) is 0 Å². The third-order valence-corrected chi connectivity index (χ3v) is 2.58. The van der Waals surface area contributed by atoms with Gasteiger partial charge in [-0.1, -0.05) is 13.3 Å². The van der Waals surface area contributed by atoms with Crippen LogP contribution in [0.25, 0.3) is 0 Å². The predicted octanol–water partition coefficient (Wildman–Crippen LogP) is 3.61. The molecule has 0 N–H and O–H groups in total. The summed E-state index contributed by atoms with van der Waals surface area (Å²) in [5.74, 6) is 0. The molecule has 0 aliphatic carbocycles. The van der Waals surface area contributed by atoms with Crippen LogP contribution < -0.4 is 0 Å². The van der Waals surface area contributed by atoms with Crippen molar-refractivity contribution in [3.05, 3.63) is 23.8 Å². The number of unbranched alkanes of at least 4 members (excludes halogenated alkanes) is 1. The molecule has 2 heteroatoms. The SMILES string of the molecule is CCCCc1cc(S)ccc1S. The Labute approximate surface area is 85.2 Å². The molecule has 0 saturated heterocycles. The lowest BCUT2D eigenvalue weighted by atomic mass is 10.1. The summed E-state index contributed by atoms with van der Waals surface area (Å²) in [5.41, 5.74) is 1.31. The molecule has 0 atom stereocenters. The van der Waals surface area contributed by atoms with E-state index in [-0.39, 0.29) is 0 Å². The highest BCUT2D eigenvalue weighted by Gasteiger charge is 1.98. The third kappa shape index (κ3) is 2.76. The molecule has 0 fully saturated rings. The van der Waals surface area contributed by atoms with Crippen molar-refractivity contribution in [2.75, 3.05) is 0 Å². The van der Waals surface area contributed by atoms with Gasteiger partial charge < -0.3 is 0 Å². The lowest BCUT2D eigenvalue weighted by molar-refractivity contribution is 0.783. The van der Waals surface area contributed by atoms with Crippen molar-refractivity contribution in [3.63, 3.8) is 0 Å². The molecule has 0 radical (unpaired) electrons. The van der Waals surface area contributed by atoms with E-state index in [1.54, 1.807) is 0 Å². The van der Waals surface area contributed by atoms with Crippen molar-refractivity contribution in [1.29, 1.82) is 0 Å². The van der Waals surface area contributed by atoms with Gasteiger partial charge in [0.05, 0.1) is 0 Å². The molecule has 0 amide bonds. The monoisotopic (exact) mass is 198 g/mol. The maximum Gasteiger partial charge on any atom is 0.00728 e. The minimum Gasteiger partial charge on any atom is -0.143 e. The Kier molecular flexibility index (Phi) is 4.02. The van der Waals surface area contributed by atoms with Gasteiger partial charge in [-0.05, 0) is 36.6 Å². The molecule has 1 rings (SSSR count). The van der Waals surface area contributed by atoms with Crippen molar-refractivity contribution >= 4 is 25.3 Å². The summed E-state index contributed by atoms with van der Waals surface area (Å²) in [6.07, 6.45) is 3.57. The Bertz CT molecular complexity index is 256. The standard InChI is InChI=1S/C10H14S2/c1-2-3-4-8-7-9(11)5-6-10(8)12/h5-7,11-12H,2-4H2,1H3. The Balaban J connectivity index is 2.75. The van der Waals surface area contributed by atoms with E-state index >= 15 is 0 Å². The van der Waals surface area contributed by atoms with Crippen LogP contribution in [-0.2, 0) is 6.42 Å². The van der Waals surface area contributed by atoms with Crippen LogP contribution in [0.1, 0.15) is 25.3 Å². The molecule has 0 aliphatic rings. The van der Waals surface area contributed by atoms with Crippen molar-refractivity contribution in [2.24, 2.45) is 0 Å². The summed E-state index contributed by atoms with van der Waals surface area (Å²) >= 11 is 8.67. The largest absolute Gasteiger partial charge is 0.143 e. The van der Waals surface area contributed by atoms with E-state index in [1.165, 1.54) is 18.4 Å². The first kappa shape index (κ1) is 10.0. The first-order valence-corrected chi connectivity index (χ1v) is 5.14. The summed E-state index contributed by atoms with van der Waals surface area (Å²) in [5, 5.41) is 0. The molecule has 0 bridgehead atoms. The quantitative estimate of drug-likeness (QED) is 0.681. The molecule has 1 aromatic rings. The lowest BCUT2D eigenvalue weighted by Crippen LogP contribution is -1.86. The Morgan fingerprint density at radius 2 is 2.00 bits per heavy atom. The van der Waals surface area contributed by atoms with Crippen molar-refractivity contribution in [3.8, 4) is 0 Å². The minimum absolute atomic E-state index is 1.03. The molecule has 66 valence electrons. The van der Waals surface area contributed by atoms with E-state index in [1.807, 2.05) is 12.1 Å². The Morgan fingerprint density at radius 3 is 2.67 bits per heavy atom. The molecule has 0 aromatic heterocycles. The van der Waals surface area contributed by atoms with E-state index in [0.29, 0.717) is 0 Å². The zero-order chi connectivity index (χ0) is 8.97. The average Bonchev–Trinajstić information content (AvgIpc) is 2.07. The van der Waals surface area contributed by atoms with Crippen LogP contribution in [0.4, 0.5) is 0 Å². The zero-order valence-electron chi connectivity index (χ0n) is 7.25. The fraction of sp³-hybridized carbons (Fsp3) is 0.400. The number of benzene rings is 1. The van der Waals surface area contributed by atoms with Gasteiger partial charge in [0, 0.05) is 9.79 Å². The summed E-state index contributed by atoms with van der Waals surface area (Å²) in [6.45, 7) is 2.20. The second kappa shape index (κ2) is 4.83. The fourth-order valence-corrected chi connectivity index (χ4v) is 1.62. The summed E-state index contributed by atoms with van der Waals surface area (Å²) in [4.78, 5) is 2.11. The van der Waals surface area contributed by atoms with Gasteiger partial charge in [0.1, 0.15) is 0 Å². The van der Waals surface area contributed by atoms with Crippen LogP contribution in [0.15, 0.2) is 28.0 Å². The number of rotatable bonds is 3. The molecule has 0 heterocycles. The van der Waals surface area contributed by atoms with E-state index in [0.717, 1.165) is 16.2 Å². The lowest BCUT2D eigenvalue weighted by Gasteiger charge is -2.04. The van der Waals surface area contributed by atoms with E-state index in [4.69, 9.17) is 0 Å². The van der Waals surface area contributed by atoms with Crippen LogP contribution in [0.2, 0.25) is 0 Å². The maximum absolute atomic E-state index is 4.38. The molecular weight excluding hydrogens is 184 g/mol. The van der Waals surface area contributed by atoms with Gasteiger partial charge in [0.25, 0.3) is 0 Å². The van der Waals surface area contributed by atoms with Crippen LogP contribution in [0.5, 0.6) is 0 Å². The fourth-order valence-electron chi connectivity index (χ4n) is 1.14. The third-order valence-electron chi connectivity index (χ3n) is 1.86. The van der Waals surface area contributed by atoms with Crippen LogP contribution in [0, 0.1) is 0 Å². The second-order valence-electron chi connectivity index (χ2n) is 2.92. The molecule has 0 unspecified atom stereocenters. The topological polar surface area (TPSA) is 0 Å². The van der Waals surface area contributed by atoms with E-state index in [9.17, 15) is 0 Å². The van der Waals surface area contributed by atoms with Gasteiger partial charge in [-0.2, -0.15) is 0 Å². The maximum atomic E-state index is 4.38. The summed E-state index contributed by atoms with van der Waals surface area (Å²) < 4.78 is 0. The number of hydrogen-bond donors (Lipinski definition) is 2. The number of thiol groups is 2. The van der Waals surface area contributed by atoms with Gasteiger partial charge in [-0.3, -0.25) is 0 Å². The van der Waals surface area contributed by atoms with Gasteiger partial charge in [-0.25, -0.2) is 0 Å². The molecule has 0 spiro atoms. The number of hydrogen-bond acceptors (Lipinski definition) is 2. The van der Waals surface area contributed by atoms with E-state index in [2.05, 4.69) is 38.2 Å². The highest BCUT2D eigenvalue weighted by atomic mass is 32.1. The van der Waals surface area contributed by atoms with Crippen molar-refractivity contribution < 1.29 is 0 Å². The first-order valence-electron chi connectivity index (χ1n) is 4.25. The highest BCUT2D eigenvalue weighted by Crippen LogP contribution is 2.19. The predicted molar refractivity (Wildman–Crippen MR) is 59.6 cm³/mol. The second-order valence-corrected chi connectivity index (χ2v) is 3.91. The summed E-state index contributed by atoms with van der Waals surface area (Å²) in [7, 11) is 0. The molecule has 12 heavy (non-hydrogen) atoms.